The molecule has 2 aromatic rings. The first-order valence-corrected chi connectivity index (χ1v) is 4.11. The quantitative estimate of drug-likeness (QED) is 0.819. The first-order chi connectivity index (χ1) is 7.18. The summed E-state index contributed by atoms with van der Waals surface area (Å²) in [4.78, 5) is 14.3. The predicted octanol–water partition coefficient (Wildman–Crippen LogP) is 2.18. The van der Waals surface area contributed by atoms with E-state index in [9.17, 15) is 9.18 Å². The third kappa shape index (κ3) is 1.71. The third-order valence-electron chi connectivity index (χ3n) is 1.88. The van der Waals surface area contributed by atoms with E-state index in [4.69, 9.17) is 9.52 Å². The summed E-state index contributed by atoms with van der Waals surface area (Å²) in [5.74, 6) is -1.44. The zero-order valence-corrected chi connectivity index (χ0v) is 7.48. The lowest BCUT2D eigenvalue weighted by molar-refractivity contribution is 0.0691. The van der Waals surface area contributed by atoms with Crippen LogP contribution in [0.5, 0.6) is 0 Å². The van der Waals surface area contributed by atoms with Crippen LogP contribution in [0.25, 0.3) is 11.3 Å². The highest BCUT2D eigenvalue weighted by molar-refractivity contribution is 5.91. The Morgan fingerprint density at radius 1 is 1.33 bits per heavy atom. The van der Waals surface area contributed by atoms with E-state index < -0.39 is 11.8 Å². The van der Waals surface area contributed by atoms with Gasteiger partial charge < -0.3 is 9.52 Å². The number of oxazole rings is 1. The van der Waals surface area contributed by atoms with Crippen LogP contribution in [0, 0.1) is 5.82 Å². The fourth-order valence-electron chi connectivity index (χ4n) is 1.20. The first kappa shape index (κ1) is 9.39. The highest BCUT2D eigenvalue weighted by atomic mass is 19.1. The normalized spacial score (nSPS) is 10.2. The van der Waals surface area contributed by atoms with Gasteiger partial charge in [-0.25, -0.2) is 14.2 Å². The van der Waals surface area contributed by atoms with Gasteiger partial charge in [0.25, 0.3) is 0 Å². The van der Waals surface area contributed by atoms with Crippen LogP contribution in [0.1, 0.15) is 10.5 Å². The second-order valence-electron chi connectivity index (χ2n) is 2.84. The fraction of sp³-hybridized carbons (Fsp3) is 0. The smallest absolute Gasteiger partial charge is 0.358 e. The van der Waals surface area contributed by atoms with Crippen LogP contribution in [0.3, 0.4) is 0 Å². The molecule has 0 radical (unpaired) electrons. The van der Waals surface area contributed by atoms with Crippen molar-refractivity contribution < 1.29 is 18.7 Å². The number of hydrogen-bond acceptors (Lipinski definition) is 3. The molecular weight excluding hydrogens is 201 g/mol. The Labute approximate surface area is 84.0 Å². The Morgan fingerprint density at radius 2 is 2.00 bits per heavy atom. The Morgan fingerprint density at radius 3 is 2.60 bits per heavy atom. The number of benzene rings is 1. The van der Waals surface area contributed by atoms with E-state index in [1.54, 1.807) is 0 Å². The zero-order chi connectivity index (χ0) is 10.8. The Kier molecular flexibility index (Phi) is 2.21. The molecule has 15 heavy (non-hydrogen) atoms. The Bertz CT molecular complexity index is 490. The van der Waals surface area contributed by atoms with E-state index in [-0.39, 0.29) is 11.5 Å². The summed E-state index contributed by atoms with van der Waals surface area (Å²) in [7, 11) is 0. The van der Waals surface area contributed by atoms with Gasteiger partial charge in [0.1, 0.15) is 5.82 Å². The second kappa shape index (κ2) is 3.53. The van der Waals surface area contributed by atoms with Crippen LogP contribution in [-0.4, -0.2) is 16.1 Å². The van der Waals surface area contributed by atoms with E-state index in [0.29, 0.717) is 5.56 Å². The largest absolute Gasteiger partial charge is 0.476 e. The number of hydrogen-bond donors (Lipinski definition) is 1. The minimum absolute atomic E-state index is 0.127. The molecule has 0 bridgehead atoms. The van der Waals surface area contributed by atoms with E-state index in [2.05, 4.69) is 4.98 Å². The number of aromatic nitrogens is 1. The number of carbonyl (C=O) groups is 1. The van der Waals surface area contributed by atoms with E-state index in [1.807, 2.05) is 0 Å². The number of halogens is 1. The predicted molar refractivity (Wildman–Crippen MR) is 48.9 cm³/mol. The minimum atomic E-state index is -1.18. The van der Waals surface area contributed by atoms with Gasteiger partial charge in [-0.1, -0.05) is 0 Å². The van der Waals surface area contributed by atoms with Gasteiger partial charge in [0, 0.05) is 5.56 Å². The maximum atomic E-state index is 12.6. The third-order valence-corrected chi connectivity index (χ3v) is 1.88. The van der Waals surface area contributed by atoms with E-state index in [0.717, 1.165) is 6.39 Å². The number of carboxylic acids is 1. The van der Waals surface area contributed by atoms with Gasteiger partial charge in [0.2, 0.25) is 0 Å². The summed E-state index contributed by atoms with van der Waals surface area (Å²) in [6.45, 7) is 0. The topological polar surface area (TPSA) is 63.3 Å². The molecule has 4 nitrogen and oxygen atoms in total. The highest BCUT2D eigenvalue weighted by Crippen LogP contribution is 2.22. The minimum Gasteiger partial charge on any atom is -0.476 e. The van der Waals surface area contributed by atoms with Crippen LogP contribution in [0.2, 0.25) is 0 Å². The van der Waals surface area contributed by atoms with Crippen LogP contribution in [0.15, 0.2) is 35.1 Å². The number of rotatable bonds is 2. The van der Waals surface area contributed by atoms with Crippen molar-refractivity contribution >= 4 is 5.97 Å². The lowest BCUT2D eigenvalue weighted by Gasteiger charge is -1.97. The molecular formula is C10H6FNO3. The lowest BCUT2D eigenvalue weighted by atomic mass is 10.1. The molecule has 0 amide bonds. The molecule has 2 rings (SSSR count). The highest BCUT2D eigenvalue weighted by Gasteiger charge is 2.16. The van der Waals surface area contributed by atoms with Crippen molar-refractivity contribution in [2.75, 3.05) is 0 Å². The molecule has 1 heterocycles. The Balaban J connectivity index is 2.49. The molecule has 76 valence electrons. The number of aromatic carboxylic acids is 1. The molecule has 1 N–H and O–H groups in total. The maximum absolute atomic E-state index is 12.6. The SMILES string of the molecule is O=C(O)c1ncoc1-c1ccc(F)cc1. The van der Waals surface area contributed by atoms with Gasteiger partial charge in [-0.05, 0) is 24.3 Å². The number of nitrogens with zero attached hydrogens (tertiary/aromatic N) is 1. The van der Waals surface area contributed by atoms with Gasteiger partial charge in [0.15, 0.2) is 17.8 Å². The summed E-state index contributed by atoms with van der Waals surface area (Å²) in [6, 6.07) is 5.32. The summed E-state index contributed by atoms with van der Waals surface area (Å²) >= 11 is 0. The van der Waals surface area contributed by atoms with E-state index in [1.165, 1.54) is 24.3 Å². The average Bonchev–Trinajstić information content (AvgIpc) is 2.67. The van der Waals surface area contributed by atoms with Crippen molar-refractivity contribution in [3.8, 4) is 11.3 Å². The van der Waals surface area contributed by atoms with Gasteiger partial charge >= 0.3 is 5.97 Å². The van der Waals surface area contributed by atoms with Gasteiger partial charge in [-0.3, -0.25) is 0 Å². The summed E-state index contributed by atoms with van der Waals surface area (Å²) < 4.78 is 17.6. The lowest BCUT2D eigenvalue weighted by Crippen LogP contribution is -1.98. The van der Waals surface area contributed by atoms with Crippen LogP contribution in [0.4, 0.5) is 4.39 Å². The molecule has 0 spiro atoms. The second-order valence-corrected chi connectivity index (χ2v) is 2.84. The molecule has 0 aliphatic carbocycles. The molecule has 1 aromatic carbocycles. The molecule has 0 fully saturated rings. The molecule has 0 unspecified atom stereocenters. The zero-order valence-electron chi connectivity index (χ0n) is 7.48. The summed E-state index contributed by atoms with van der Waals surface area (Å²) in [6.07, 6.45) is 1.04. The molecule has 1 aromatic heterocycles. The van der Waals surface area contributed by atoms with Gasteiger partial charge in [0.05, 0.1) is 0 Å². The Hall–Kier alpha value is -2.17. The first-order valence-electron chi connectivity index (χ1n) is 4.11. The summed E-state index contributed by atoms with van der Waals surface area (Å²) in [5.41, 5.74) is 0.299. The van der Waals surface area contributed by atoms with Crippen LogP contribution in [-0.2, 0) is 0 Å². The molecule has 0 saturated heterocycles. The molecule has 0 aliphatic heterocycles. The maximum Gasteiger partial charge on any atom is 0.358 e. The van der Waals surface area contributed by atoms with E-state index >= 15 is 0 Å². The number of carboxylic acid groups (broad SMARTS) is 1. The molecule has 0 saturated carbocycles. The van der Waals surface area contributed by atoms with Crippen LogP contribution >= 0.6 is 0 Å². The molecule has 0 atom stereocenters. The van der Waals surface area contributed by atoms with Crippen LogP contribution < -0.4 is 0 Å². The van der Waals surface area contributed by atoms with Crippen molar-refractivity contribution in [1.82, 2.24) is 4.98 Å². The van der Waals surface area contributed by atoms with Crippen molar-refractivity contribution in [3.05, 3.63) is 42.2 Å². The molecule has 5 heteroatoms. The van der Waals surface area contributed by atoms with Crippen molar-refractivity contribution in [2.45, 2.75) is 0 Å². The van der Waals surface area contributed by atoms with Crippen molar-refractivity contribution in [1.29, 1.82) is 0 Å². The van der Waals surface area contributed by atoms with Crippen molar-refractivity contribution in [2.24, 2.45) is 0 Å². The van der Waals surface area contributed by atoms with Gasteiger partial charge in [-0.15, -0.1) is 0 Å². The van der Waals surface area contributed by atoms with Crippen molar-refractivity contribution in [3.63, 3.8) is 0 Å². The summed E-state index contributed by atoms with van der Waals surface area (Å²) in [5, 5.41) is 8.77. The molecule has 0 aliphatic rings. The average molecular weight is 207 g/mol. The van der Waals surface area contributed by atoms with Gasteiger partial charge in [-0.2, -0.15) is 0 Å². The standard InChI is InChI=1S/C10H6FNO3/c11-7-3-1-6(2-4-7)9-8(10(13)14)12-5-15-9/h1-5H,(H,13,14). The fourth-order valence-corrected chi connectivity index (χ4v) is 1.20. The monoisotopic (exact) mass is 207 g/mol.